The highest BCUT2D eigenvalue weighted by Crippen LogP contribution is 2.28. The van der Waals surface area contributed by atoms with Gasteiger partial charge in [0.05, 0.1) is 17.6 Å². The van der Waals surface area contributed by atoms with E-state index in [9.17, 15) is 0 Å². The highest BCUT2D eigenvalue weighted by atomic mass is 16.5. The minimum absolute atomic E-state index is 0.453. The van der Waals surface area contributed by atoms with E-state index in [2.05, 4.69) is 74.7 Å². The first-order valence-corrected chi connectivity index (χ1v) is 11.9. The number of hydrogen-bond donors (Lipinski definition) is 0. The van der Waals surface area contributed by atoms with Gasteiger partial charge in [-0.05, 0) is 73.6 Å². The molecule has 3 aromatic carbocycles. The number of unbranched alkanes of at least 4 members (excludes halogenated alkanes) is 1. The summed E-state index contributed by atoms with van der Waals surface area (Å²) in [6.07, 6.45) is 2.00. The van der Waals surface area contributed by atoms with Crippen molar-refractivity contribution in [3.8, 4) is 11.5 Å². The first kappa shape index (κ1) is 22.9. The summed E-state index contributed by atoms with van der Waals surface area (Å²) < 4.78 is 14.6. The summed E-state index contributed by atoms with van der Waals surface area (Å²) in [6, 6.07) is 22.9. The number of fused-ring (bicyclic) bond motifs is 1. The summed E-state index contributed by atoms with van der Waals surface area (Å²) in [6.45, 7) is 10.7. The largest absolute Gasteiger partial charge is 0.493 e. The predicted octanol–water partition coefficient (Wildman–Crippen LogP) is 7.21. The van der Waals surface area contributed by atoms with Gasteiger partial charge in [-0.25, -0.2) is 4.98 Å². The van der Waals surface area contributed by atoms with Gasteiger partial charge in [0.1, 0.15) is 23.9 Å². The molecule has 4 heteroatoms. The Kier molecular flexibility index (Phi) is 7.33. The van der Waals surface area contributed by atoms with E-state index in [0.29, 0.717) is 19.1 Å². The predicted molar refractivity (Wildman–Crippen MR) is 135 cm³/mol. The van der Waals surface area contributed by atoms with Gasteiger partial charge in [0.15, 0.2) is 0 Å². The maximum Gasteiger partial charge on any atom is 0.147 e. The molecule has 4 aromatic rings. The second-order valence-electron chi connectivity index (χ2n) is 8.97. The Hall–Kier alpha value is -3.27. The summed E-state index contributed by atoms with van der Waals surface area (Å²) in [5, 5.41) is 0. The summed E-state index contributed by atoms with van der Waals surface area (Å²) in [4.78, 5) is 4.85. The van der Waals surface area contributed by atoms with Crippen molar-refractivity contribution in [1.82, 2.24) is 9.55 Å². The van der Waals surface area contributed by atoms with Crippen molar-refractivity contribution in [1.29, 1.82) is 0 Å². The van der Waals surface area contributed by atoms with E-state index >= 15 is 0 Å². The van der Waals surface area contributed by atoms with Crippen molar-refractivity contribution in [2.24, 2.45) is 0 Å². The van der Waals surface area contributed by atoms with Crippen molar-refractivity contribution < 1.29 is 9.47 Å². The van der Waals surface area contributed by atoms with Crippen LogP contribution in [0.5, 0.6) is 11.5 Å². The second-order valence-corrected chi connectivity index (χ2v) is 8.97. The third kappa shape index (κ3) is 5.57. The second kappa shape index (κ2) is 10.6. The minimum atomic E-state index is 0.453. The lowest BCUT2D eigenvalue weighted by Crippen LogP contribution is -2.09. The Morgan fingerprint density at radius 2 is 1.64 bits per heavy atom. The van der Waals surface area contributed by atoms with Crippen molar-refractivity contribution in [2.45, 2.75) is 59.6 Å². The SMILES string of the molecule is Cc1ccc(C(C)C)c(OCCCCn2c(COc3ccccc3C)nc3ccccc32)c1. The first-order chi connectivity index (χ1) is 16.0. The standard InChI is InChI=1S/C29H34N2O2/c1-21(2)24-16-15-22(3)19-28(24)32-18-10-9-17-31-26-13-7-6-12-25(26)30-29(31)20-33-27-14-8-5-11-23(27)4/h5-8,11-16,19,21H,9-10,17-18,20H2,1-4H3. The van der Waals surface area contributed by atoms with Gasteiger partial charge in [-0.3, -0.25) is 0 Å². The number of aromatic nitrogens is 2. The van der Waals surface area contributed by atoms with Gasteiger partial charge in [-0.2, -0.15) is 0 Å². The van der Waals surface area contributed by atoms with Crippen LogP contribution in [0.4, 0.5) is 0 Å². The monoisotopic (exact) mass is 442 g/mol. The molecule has 0 aliphatic carbocycles. The molecule has 0 saturated carbocycles. The van der Waals surface area contributed by atoms with Gasteiger partial charge in [0.25, 0.3) is 0 Å². The number of rotatable bonds is 10. The van der Waals surface area contributed by atoms with Gasteiger partial charge in [0.2, 0.25) is 0 Å². The molecule has 1 aromatic heterocycles. The fourth-order valence-electron chi connectivity index (χ4n) is 4.14. The molecule has 33 heavy (non-hydrogen) atoms. The van der Waals surface area contributed by atoms with Crippen molar-refractivity contribution in [3.05, 3.63) is 89.2 Å². The van der Waals surface area contributed by atoms with Gasteiger partial charge in [0, 0.05) is 6.54 Å². The molecule has 4 nitrogen and oxygen atoms in total. The van der Waals surface area contributed by atoms with E-state index in [1.54, 1.807) is 0 Å². The number of nitrogens with zero attached hydrogens (tertiary/aromatic N) is 2. The van der Waals surface area contributed by atoms with Crippen LogP contribution in [0, 0.1) is 13.8 Å². The average Bonchev–Trinajstić information content (AvgIpc) is 3.15. The Bertz CT molecular complexity index is 1210. The number of imidazole rings is 1. The Balaban J connectivity index is 1.40. The zero-order valence-electron chi connectivity index (χ0n) is 20.2. The average molecular weight is 443 g/mol. The number of aryl methyl sites for hydroxylation is 3. The van der Waals surface area contributed by atoms with E-state index in [-0.39, 0.29) is 0 Å². The van der Waals surface area contributed by atoms with Crippen molar-refractivity contribution in [2.75, 3.05) is 6.61 Å². The highest BCUT2D eigenvalue weighted by molar-refractivity contribution is 5.75. The first-order valence-electron chi connectivity index (χ1n) is 11.9. The zero-order chi connectivity index (χ0) is 23.2. The molecule has 1 heterocycles. The molecule has 0 spiro atoms. The molecule has 0 saturated heterocycles. The van der Waals surface area contributed by atoms with Crippen LogP contribution in [-0.4, -0.2) is 16.2 Å². The quantitative estimate of drug-likeness (QED) is 0.243. The highest BCUT2D eigenvalue weighted by Gasteiger charge is 2.12. The van der Waals surface area contributed by atoms with Crippen LogP contribution >= 0.6 is 0 Å². The van der Waals surface area contributed by atoms with Crippen LogP contribution in [0.15, 0.2) is 66.7 Å². The Labute approximate surface area is 197 Å². The Morgan fingerprint density at radius 3 is 2.45 bits per heavy atom. The van der Waals surface area contributed by atoms with Gasteiger partial charge >= 0.3 is 0 Å². The van der Waals surface area contributed by atoms with Crippen LogP contribution in [-0.2, 0) is 13.2 Å². The third-order valence-electron chi connectivity index (χ3n) is 6.01. The van der Waals surface area contributed by atoms with Gasteiger partial charge < -0.3 is 14.0 Å². The van der Waals surface area contributed by atoms with E-state index < -0.39 is 0 Å². The topological polar surface area (TPSA) is 36.3 Å². The lowest BCUT2D eigenvalue weighted by atomic mass is 10.0. The van der Waals surface area contributed by atoms with Crippen LogP contribution in [0.3, 0.4) is 0 Å². The zero-order valence-corrected chi connectivity index (χ0v) is 20.2. The smallest absolute Gasteiger partial charge is 0.147 e. The van der Waals surface area contributed by atoms with Crippen LogP contribution in [0.1, 0.15) is 55.1 Å². The molecule has 0 aliphatic heterocycles. The maximum absolute atomic E-state index is 6.19. The molecule has 0 fully saturated rings. The summed E-state index contributed by atoms with van der Waals surface area (Å²) >= 11 is 0. The minimum Gasteiger partial charge on any atom is -0.493 e. The fraction of sp³-hybridized carbons (Fsp3) is 0.345. The molecule has 172 valence electrons. The van der Waals surface area contributed by atoms with Crippen LogP contribution in [0.25, 0.3) is 11.0 Å². The van der Waals surface area contributed by atoms with Crippen LogP contribution < -0.4 is 9.47 Å². The van der Waals surface area contributed by atoms with Crippen LogP contribution in [0.2, 0.25) is 0 Å². The van der Waals surface area contributed by atoms with Crippen molar-refractivity contribution >= 4 is 11.0 Å². The molecule has 0 N–H and O–H groups in total. The van der Waals surface area contributed by atoms with E-state index in [1.807, 2.05) is 24.3 Å². The van der Waals surface area contributed by atoms with Crippen molar-refractivity contribution in [3.63, 3.8) is 0 Å². The summed E-state index contributed by atoms with van der Waals surface area (Å²) in [5.41, 5.74) is 5.81. The maximum atomic E-state index is 6.19. The third-order valence-corrected chi connectivity index (χ3v) is 6.01. The molecule has 0 unspecified atom stereocenters. The number of hydrogen-bond acceptors (Lipinski definition) is 3. The van der Waals surface area contributed by atoms with Gasteiger partial charge in [-0.15, -0.1) is 0 Å². The normalized spacial score (nSPS) is 11.3. The lowest BCUT2D eigenvalue weighted by Gasteiger charge is -2.15. The Morgan fingerprint density at radius 1 is 0.848 bits per heavy atom. The summed E-state index contributed by atoms with van der Waals surface area (Å²) in [7, 11) is 0. The number of ether oxygens (including phenoxy) is 2. The molecule has 0 atom stereocenters. The van der Waals surface area contributed by atoms with Gasteiger partial charge in [-0.1, -0.05) is 56.3 Å². The van der Waals surface area contributed by atoms with E-state index in [0.717, 1.165) is 53.3 Å². The molecule has 4 rings (SSSR count). The molecule has 0 amide bonds. The fourth-order valence-corrected chi connectivity index (χ4v) is 4.14. The van der Waals surface area contributed by atoms with E-state index in [1.165, 1.54) is 11.1 Å². The summed E-state index contributed by atoms with van der Waals surface area (Å²) in [5.74, 6) is 3.34. The molecule has 0 radical (unpaired) electrons. The molecule has 0 aliphatic rings. The number of benzene rings is 3. The number of para-hydroxylation sites is 3. The van der Waals surface area contributed by atoms with E-state index in [4.69, 9.17) is 14.5 Å². The molecule has 0 bridgehead atoms. The molecular formula is C29H34N2O2. The lowest BCUT2D eigenvalue weighted by molar-refractivity contribution is 0.283. The molecular weight excluding hydrogens is 408 g/mol.